The summed E-state index contributed by atoms with van der Waals surface area (Å²) in [7, 11) is 0. The summed E-state index contributed by atoms with van der Waals surface area (Å²) in [5.74, 6) is -0.399. The van der Waals surface area contributed by atoms with Gasteiger partial charge in [0.25, 0.3) is 0 Å². The van der Waals surface area contributed by atoms with Gasteiger partial charge < -0.3 is 5.73 Å². The average Bonchev–Trinajstić information content (AvgIpc) is 2.70. The molecule has 0 aliphatic carbocycles. The molecule has 0 bridgehead atoms. The summed E-state index contributed by atoms with van der Waals surface area (Å²) in [5, 5.41) is 0. The topological polar surface area (TPSA) is 43.1 Å². The molecule has 0 saturated carbocycles. The second kappa shape index (κ2) is 16.3. The summed E-state index contributed by atoms with van der Waals surface area (Å²) < 4.78 is 133. The third-order valence-electron chi connectivity index (χ3n) is 2.38. The highest BCUT2D eigenvalue weighted by molar-refractivity contribution is 5.73. The van der Waals surface area contributed by atoms with Gasteiger partial charge in [-0.25, -0.2) is 0 Å². The highest BCUT2D eigenvalue weighted by Crippen LogP contribution is 2.09. The molecule has 0 spiro atoms. The predicted molar refractivity (Wildman–Crippen MR) is 88.6 cm³/mol. The molecule has 1 amide bonds. The molecule has 0 aromatic rings. The van der Waals surface area contributed by atoms with Crippen molar-refractivity contribution in [2.75, 3.05) is 0 Å². The maximum absolute atomic E-state index is 10.7. The molecule has 0 aliphatic rings. The molecule has 0 heterocycles. The van der Waals surface area contributed by atoms with Crippen LogP contribution >= 0.6 is 0 Å². The van der Waals surface area contributed by atoms with Crippen LogP contribution in [0.2, 0.25) is 0 Å². The molecule has 2 N–H and O–H groups in total. The summed E-state index contributed by atoms with van der Waals surface area (Å²) in [6.07, 6.45) is -22.1. The van der Waals surface area contributed by atoms with Crippen LogP contribution in [0, 0.1) is 0 Å². The van der Waals surface area contributed by atoms with Crippen LogP contribution in [0.25, 0.3) is 0 Å². The Morgan fingerprint density at radius 3 is 2.50 bits per heavy atom. The van der Waals surface area contributed by atoms with Gasteiger partial charge in [0.1, 0.15) is 0 Å². The number of rotatable bonds is 15. The van der Waals surface area contributed by atoms with E-state index in [1.165, 1.54) is 6.08 Å². The van der Waals surface area contributed by atoms with Gasteiger partial charge in [-0.05, 0) is 32.0 Å². The van der Waals surface area contributed by atoms with E-state index in [9.17, 15) is 4.79 Å². The minimum absolute atomic E-state index is 0.253. The van der Waals surface area contributed by atoms with Gasteiger partial charge in [0.15, 0.2) is 0 Å². The van der Waals surface area contributed by atoms with E-state index in [0.29, 0.717) is 25.3 Å². The lowest BCUT2D eigenvalue weighted by atomic mass is 10.1. The Morgan fingerprint density at radius 1 is 1.00 bits per heavy atom. The third kappa shape index (κ3) is 17.2. The smallest absolute Gasteiger partial charge is 0.217 e. The molecule has 0 aliphatic heterocycles. The molecule has 20 heavy (non-hydrogen) atoms. The fourth-order valence-electron chi connectivity index (χ4n) is 1.44. The molecule has 2 nitrogen and oxygen atoms in total. The van der Waals surface area contributed by atoms with Gasteiger partial charge in [-0.2, -0.15) is 0 Å². The van der Waals surface area contributed by atoms with Gasteiger partial charge >= 0.3 is 0 Å². The second-order valence-electron chi connectivity index (χ2n) is 4.07. The largest absolute Gasteiger partial charge is 0.370 e. The van der Waals surface area contributed by atoms with Crippen molar-refractivity contribution in [1.82, 2.24) is 0 Å². The number of nitrogens with two attached hydrogens (primary N) is 1. The van der Waals surface area contributed by atoms with Crippen molar-refractivity contribution in [2.45, 2.75) is 96.4 Å². The third-order valence-corrected chi connectivity index (χ3v) is 2.38. The Labute approximate surface area is 150 Å². The van der Waals surface area contributed by atoms with Crippen molar-refractivity contribution in [3.05, 3.63) is 12.2 Å². The van der Waals surface area contributed by atoms with Gasteiger partial charge in [-0.15, -0.1) is 0 Å². The molecule has 0 fully saturated rings. The zero-order valence-electron chi connectivity index (χ0n) is 28.6. The summed E-state index contributed by atoms with van der Waals surface area (Å²) in [6, 6.07) is 0. The van der Waals surface area contributed by atoms with Crippen LogP contribution in [0.1, 0.15) is 120 Å². The zero-order valence-corrected chi connectivity index (χ0v) is 11.6. The molecule has 0 unspecified atom stereocenters. The number of carbonyl (C=O) groups is 1. The first-order valence-electron chi connectivity index (χ1n) is 15.1. The number of hydrogen-bond donors (Lipinski definition) is 1. The maximum Gasteiger partial charge on any atom is 0.217 e. The molecule has 0 aromatic carbocycles. The van der Waals surface area contributed by atoms with Crippen molar-refractivity contribution in [3.8, 4) is 0 Å². The molecular weight excluding hydrogens is 246 g/mol. The Balaban J connectivity index is 5.81. The summed E-state index contributed by atoms with van der Waals surface area (Å²) >= 11 is 0. The van der Waals surface area contributed by atoms with E-state index >= 15 is 0 Å². The minimum Gasteiger partial charge on any atom is -0.370 e. The summed E-state index contributed by atoms with van der Waals surface area (Å²) in [4.78, 5) is 10.7. The zero-order chi connectivity index (χ0) is 29.9. The molecule has 0 radical (unpaired) electrons. The highest BCUT2D eigenvalue weighted by atomic mass is 16.1. The van der Waals surface area contributed by atoms with E-state index < -0.39 is 57.4 Å². The standard InChI is InChI=1S/C18H35NO/c1-2-3-4-5-6-7-8-9-10-11-12-13-14-15-16-17-18(19)20/h9-10H,2-8,11-17H2,1H3,(H2,19,20)/b10-9-/i1D3,2D2,3D2,4D2,5D2,6D2,7D2,8D2. The number of unbranched alkanes of at least 4 members (excludes halogenated alkanes) is 5. The van der Waals surface area contributed by atoms with E-state index in [-0.39, 0.29) is 12.8 Å². The van der Waals surface area contributed by atoms with Gasteiger partial charge in [0.2, 0.25) is 5.91 Å². The Kier molecular flexibility index (Phi) is 4.18. The van der Waals surface area contributed by atoms with E-state index in [4.69, 9.17) is 29.0 Å². The first-order chi connectivity index (χ1) is 16.2. The van der Waals surface area contributed by atoms with Crippen LogP contribution in [-0.4, -0.2) is 5.91 Å². The van der Waals surface area contributed by atoms with Crippen LogP contribution in [-0.2, 0) is 4.79 Å². The quantitative estimate of drug-likeness (QED) is 0.314. The van der Waals surface area contributed by atoms with Crippen LogP contribution in [0.5, 0.6) is 0 Å². The molecule has 0 atom stereocenters. The number of primary amides is 1. The lowest BCUT2D eigenvalue weighted by Crippen LogP contribution is -2.09. The minimum atomic E-state index is -4.27. The monoisotopic (exact) mass is 298 g/mol. The predicted octanol–water partition coefficient (Wildman–Crippen LogP) is 5.51. The van der Waals surface area contributed by atoms with Crippen LogP contribution in [0.15, 0.2) is 12.2 Å². The number of allylic oxidation sites excluding steroid dienone is 2. The fraction of sp³-hybridized carbons (Fsp3) is 0.833. The van der Waals surface area contributed by atoms with Crippen molar-refractivity contribution >= 4 is 5.91 Å². The van der Waals surface area contributed by atoms with Crippen LogP contribution in [0.3, 0.4) is 0 Å². The Hall–Kier alpha value is -0.790. The lowest BCUT2D eigenvalue weighted by Gasteiger charge is -1.99. The first kappa shape index (κ1) is 5.14. The van der Waals surface area contributed by atoms with E-state index in [1.54, 1.807) is 0 Å². The SMILES string of the molecule is [2H]C([2H])([2H])C([2H])([2H])C([2H])([2H])C([2H])([2H])C([2H])([2H])C([2H])([2H])C([2H])([2H])C([2H])([2H])/C=C\CCCCCCCC(N)=O. The molecule has 0 aromatic heterocycles. The number of hydrogen-bond acceptors (Lipinski definition) is 1. The van der Waals surface area contributed by atoms with Crippen LogP contribution < -0.4 is 5.73 Å². The van der Waals surface area contributed by atoms with Gasteiger partial charge in [0.05, 0.1) is 0 Å². The second-order valence-corrected chi connectivity index (χ2v) is 4.07. The maximum atomic E-state index is 10.7. The first-order valence-corrected chi connectivity index (χ1v) is 6.63. The van der Waals surface area contributed by atoms with Crippen molar-refractivity contribution < 1.29 is 28.1 Å². The number of carbonyl (C=O) groups excluding carboxylic acids is 1. The van der Waals surface area contributed by atoms with E-state index in [0.717, 1.165) is 12.8 Å². The van der Waals surface area contributed by atoms with Gasteiger partial charge in [-0.1, -0.05) is 70.1 Å². The molecule has 0 saturated heterocycles. The Morgan fingerprint density at radius 2 is 1.70 bits per heavy atom. The van der Waals surface area contributed by atoms with Gasteiger partial charge in [0, 0.05) is 29.7 Å². The normalized spacial score (nSPS) is 29.5. The molecule has 2 heteroatoms. The number of amides is 1. The average molecular weight is 299 g/mol. The fourth-order valence-corrected chi connectivity index (χ4v) is 1.44. The summed E-state index contributed by atoms with van der Waals surface area (Å²) in [5.41, 5.74) is 5.04. The molecule has 0 rings (SSSR count). The summed E-state index contributed by atoms with van der Waals surface area (Å²) in [6.45, 7) is -3.79. The van der Waals surface area contributed by atoms with E-state index in [2.05, 4.69) is 0 Å². The van der Waals surface area contributed by atoms with Gasteiger partial charge in [-0.3, -0.25) is 4.79 Å². The van der Waals surface area contributed by atoms with E-state index in [1.807, 2.05) is 0 Å². The Bertz CT molecular complexity index is 801. The molecular formula is C18H35NO. The lowest BCUT2D eigenvalue weighted by molar-refractivity contribution is -0.118. The highest BCUT2D eigenvalue weighted by Gasteiger charge is 1.94. The van der Waals surface area contributed by atoms with Crippen molar-refractivity contribution in [1.29, 1.82) is 0 Å². The molecule has 118 valence electrons. The van der Waals surface area contributed by atoms with Crippen LogP contribution in [0.4, 0.5) is 0 Å². The van der Waals surface area contributed by atoms with Crippen molar-refractivity contribution in [3.63, 3.8) is 0 Å². The van der Waals surface area contributed by atoms with Crippen molar-refractivity contribution in [2.24, 2.45) is 5.73 Å².